The van der Waals surface area contributed by atoms with Gasteiger partial charge in [-0.2, -0.15) is 0 Å². The third kappa shape index (κ3) is 4.73. The summed E-state index contributed by atoms with van der Waals surface area (Å²) >= 11 is 0. The molecule has 0 bridgehead atoms. The van der Waals surface area contributed by atoms with E-state index in [1.54, 1.807) is 6.07 Å². The van der Waals surface area contributed by atoms with Crippen molar-refractivity contribution in [2.24, 2.45) is 0 Å². The molecule has 0 fully saturated rings. The number of benzene rings is 1. The summed E-state index contributed by atoms with van der Waals surface area (Å²) in [4.78, 5) is 16.3. The SMILES string of the molecule is COc1n[nH]c2cc(NC(=O)NCCCCc3ccccc3)nc(CO)c12. The molecule has 2 aromatic heterocycles. The number of anilines is 1. The summed E-state index contributed by atoms with van der Waals surface area (Å²) in [7, 11) is 1.49. The first kappa shape index (κ1) is 18.7. The number of aromatic nitrogens is 3. The molecule has 8 nitrogen and oxygen atoms in total. The van der Waals surface area contributed by atoms with Crippen LogP contribution in [0.15, 0.2) is 36.4 Å². The molecule has 0 saturated heterocycles. The van der Waals surface area contributed by atoms with E-state index in [0.29, 0.717) is 34.8 Å². The quantitative estimate of drug-likeness (QED) is 0.456. The number of aliphatic hydroxyl groups excluding tert-OH is 1. The number of nitrogens with one attached hydrogen (secondary N) is 3. The smallest absolute Gasteiger partial charge is 0.320 e. The van der Waals surface area contributed by atoms with E-state index in [1.807, 2.05) is 18.2 Å². The number of aryl methyl sites for hydroxylation is 1. The number of rotatable bonds is 8. The summed E-state index contributed by atoms with van der Waals surface area (Å²) in [5.74, 6) is 0.690. The normalized spacial score (nSPS) is 10.7. The molecule has 0 aliphatic rings. The first-order valence-corrected chi connectivity index (χ1v) is 8.83. The highest BCUT2D eigenvalue weighted by atomic mass is 16.5. The molecule has 1 aromatic carbocycles. The Balaban J connectivity index is 1.50. The number of amides is 2. The van der Waals surface area contributed by atoms with Crippen LogP contribution in [0.3, 0.4) is 0 Å². The van der Waals surface area contributed by atoms with Crippen LogP contribution in [-0.2, 0) is 13.0 Å². The lowest BCUT2D eigenvalue weighted by atomic mass is 10.1. The minimum Gasteiger partial charge on any atom is -0.479 e. The molecule has 0 saturated carbocycles. The van der Waals surface area contributed by atoms with E-state index in [2.05, 4.69) is 37.9 Å². The highest BCUT2D eigenvalue weighted by molar-refractivity contribution is 5.93. The number of hydrogen-bond donors (Lipinski definition) is 4. The highest BCUT2D eigenvalue weighted by Crippen LogP contribution is 2.27. The maximum Gasteiger partial charge on any atom is 0.320 e. The van der Waals surface area contributed by atoms with E-state index in [4.69, 9.17) is 4.74 Å². The molecule has 0 aliphatic carbocycles. The van der Waals surface area contributed by atoms with Crippen molar-refractivity contribution < 1.29 is 14.6 Å². The molecule has 2 heterocycles. The van der Waals surface area contributed by atoms with Crippen LogP contribution in [0.4, 0.5) is 10.6 Å². The summed E-state index contributed by atoms with van der Waals surface area (Å²) in [5, 5.41) is 22.5. The zero-order chi connectivity index (χ0) is 19.1. The fourth-order valence-electron chi connectivity index (χ4n) is 2.88. The number of methoxy groups -OCH3 is 1. The third-order valence-corrected chi connectivity index (χ3v) is 4.19. The number of fused-ring (bicyclic) bond motifs is 1. The number of ether oxygens (including phenoxy) is 1. The van der Waals surface area contributed by atoms with Gasteiger partial charge in [-0.05, 0) is 24.8 Å². The van der Waals surface area contributed by atoms with Crippen molar-refractivity contribution in [1.29, 1.82) is 0 Å². The van der Waals surface area contributed by atoms with Crippen LogP contribution in [0.25, 0.3) is 10.9 Å². The Kier molecular flexibility index (Phi) is 6.22. The molecule has 0 radical (unpaired) electrons. The highest BCUT2D eigenvalue weighted by Gasteiger charge is 2.14. The number of nitrogens with zero attached hydrogens (tertiary/aromatic N) is 2. The average molecular weight is 369 g/mol. The number of aliphatic hydroxyl groups is 1. The fourth-order valence-corrected chi connectivity index (χ4v) is 2.88. The van der Waals surface area contributed by atoms with Crippen molar-refractivity contribution >= 4 is 22.8 Å². The maximum absolute atomic E-state index is 12.1. The summed E-state index contributed by atoms with van der Waals surface area (Å²) in [6.45, 7) is 0.286. The van der Waals surface area contributed by atoms with Crippen molar-refractivity contribution in [2.45, 2.75) is 25.9 Å². The lowest BCUT2D eigenvalue weighted by molar-refractivity contribution is 0.251. The molecule has 0 aliphatic heterocycles. The zero-order valence-corrected chi connectivity index (χ0v) is 15.2. The molecule has 0 spiro atoms. The molecule has 0 unspecified atom stereocenters. The van der Waals surface area contributed by atoms with Gasteiger partial charge in [0.2, 0.25) is 5.88 Å². The van der Waals surface area contributed by atoms with Gasteiger partial charge in [0.1, 0.15) is 5.82 Å². The van der Waals surface area contributed by atoms with Gasteiger partial charge in [-0.25, -0.2) is 9.78 Å². The standard InChI is InChI=1S/C19H23N5O3/c1-27-18-17-14(23-24-18)11-16(21-15(17)12-25)22-19(26)20-10-6-5-9-13-7-3-2-4-8-13/h2-4,7-8,11,25H,5-6,9-10,12H2,1H3,(H,23,24)(H2,20,21,22,26). The Morgan fingerprint density at radius 1 is 1.26 bits per heavy atom. The number of hydrogen-bond acceptors (Lipinski definition) is 5. The van der Waals surface area contributed by atoms with Gasteiger partial charge in [0.25, 0.3) is 0 Å². The summed E-state index contributed by atoms with van der Waals surface area (Å²) < 4.78 is 5.15. The number of unbranched alkanes of at least 4 members (excludes halogenated alkanes) is 1. The van der Waals surface area contributed by atoms with E-state index in [0.717, 1.165) is 19.3 Å². The third-order valence-electron chi connectivity index (χ3n) is 4.19. The first-order chi connectivity index (χ1) is 13.2. The molecule has 3 rings (SSSR count). The zero-order valence-electron chi connectivity index (χ0n) is 15.2. The lowest BCUT2D eigenvalue weighted by Crippen LogP contribution is -2.30. The van der Waals surface area contributed by atoms with Gasteiger partial charge in [-0.3, -0.25) is 10.4 Å². The summed E-state index contributed by atoms with van der Waals surface area (Å²) in [6.07, 6.45) is 2.87. The second-order valence-corrected chi connectivity index (χ2v) is 6.09. The van der Waals surface area contributed by atoms with Crippen LogP contribution < -0.4 is 15.4 Å². The van der Waals surface area contributed by atoms with Crippen LogP contribution in [-0.4, -0.2) is 40.0 Å². The number of H-pyrrole nitrogens is 1. The fraction of sp³-hybridized carbons (Fsp3) is 0.316. The van der Waals surface area contributed by atoms with Crippen LogP contribution in [0.2, 0.25) is 0 Å². The average Bonchev–Trinajstić information content (AvgIpc) is 3.11. The van der Waals surface area contributed by atoms with E-state index in [1.165, 1.54) is 12.7 Å². The minimum atomic E-state index is -0.336. The number of aromatic amines is 1. The van der Waals surface area contributed by atoms with Crippen molar-refractivity contribution in [1.82, 2.24) is 20.5 Å². The van der Waals surface area contributed by atoms with Crippen molar-refractivity contribution in [3.8, 4) is 5.88 Å². The molecule has 142 valence electrons. The van der Waals surface area contributed by atoms with Gasteiger partial charge in [0.05, 0.1) is 30.3 Å². The second-order valence-electron chi connectivity index (χ2n) is 6.09. The van der Waals surface area contributed by atoms with Gasteiger partial charge in [-0.15, -0.1) is 5.10 Å². The number of pyridine rings is 1. The Morgan fingerprint density at radius 2 is 2.07 bits per heavy atom. The molecule has 4 N–H and O–H groups in total. The molecule has 8 heteroatoms. The van der Waals surface area contributed by atoms with Gasteiger partial charge in [-0.1, -0.05) is 30.3 Å². The van der Waals surface area contributed by atoms with Crippen LogP contribution in [0.1, 0.15) is 24.1 Å². The van der Waals surface area contributed by atoms with Crippen molar-refractivity contribution in [3.05, 3.63) is 47.7 Å². The van der Waals surface area contributed by atoms with Crippen molar-refractivity contribution in [2.75, 3.05) is 19.0 Å². The van der Waals surface area contributed by atoms with Crippen LogP contribution in [0.5, 0.6) is 5.88 Å². The molecule has 3 aromatic rings. The Labute approximate surface area is 157 Å². The number of urea groups is 1. The predicted molar refractivity (Wildman–Crippen MR) is 103 cm³/mol. The van der Waals surface area contributed by atoms with Crippen molar-refractivity contribution in [3.63, 3.8) is 0 Å². The molecular formula is C19H23N5O3. The van der Waals surface area contributed by atoms with Gasteiger partial charge >= 0.3 is 6.03 Å². The molecular weight excluding hydrogens is 346 g/mol. The second kappa shape index (κ2) is 9.00. The largest absolute Gasteiger partial charge is 0.479 e. The Morgan fingerprint density at radius 3 is 2.81 bits per heavy atom. The van der Waals surface area contributed by atoms with Crippen LogP contribution in [0, 0.1) is 0 Å². The predicted octanol–water partition coefficient (Wildman–Crippen LogP) is 2.60. The summed E-state index contributed by atoms with van der Waals surface area (Å²) in [5.41, 5.74) is 2.31. The Bertz CT molecular complexity index is 895. The van der Waals surface area contributed by atoms with Gasteiger partial charge in [0.15, 0.2) is 0 Å². The monoisotopic (exact) mass is 369 g/mol. The molecule has 27 heavy (non-hydrogen) atoms. The molecule has 0 atom stereocenters. The number of carbonyl (C=O) groups is 1. The maximum atomic E-state index is 12.1. The van der Waals surface area contributed by atoms with E-state index in [-0.39, 0.29) is 12.6 Å². The van der Waals surface area contributed by atoms with E-state index >= 15 is 0 Å². The first-order valence-electron chi connectivity index (χ1n) is 8.83. The van der Waals surface area contributed by atoms with Gasteiger partial charge < -0.3 is 15.2 Å². The van der Waals surface area contributed by atoms with E-state index < -0.39 is 0 Å². The minimum absolute atomic E-state index is 0.289. The number of carbonyl (C=O) groups excluding carboxylic acids is 1. The van der Waals surface area contributed by atoms with Crippen LogP contribution >= 0.6 is 0 Å². The van der Waals surface area contributed by atoms with Gasteiger partial charge in [0, 0.05) is 12.6 Å². The topological polar surface area (TPSA) is 112 Å². The molecule has 2 amide bonds. The van der Waals surface area contributed by atoms with E-state index in [9.17, 15) is 9.90 Å². The Hall–Kier alpha value is -3.13. The summed E-state index contributed by atoms with van der Waals surface area (Å²) in [6, 6.07) is 11.6. The lowest BCUT2D eigenvalue weighted by Gasteiger charge is -2.09.